The maximum Gasteiger partial charge on any atom is 0.271 e. The molecule has 0 saturated heterocycles. The number of aromatic amines is 1. The molecule has 0 radical (unpaired) electrons. The minimum absolute atomic E-state index is 0.0920. The summed E-state index contributed by atoms with van der Waals surface area (Å²) in [7, 11) is -3.24. The van der Waals surface area contributed by atoms with Gasteiger partial charge >= 0.3 is 0 Å². The molecular weight excluding hydrogens is 346 g/mol. The molecule has 0 spiro atoms. The second-order valence-corrected chi connectivity index (χ2v) is 9.43. The Hall–Kier alpha value is -1.80. The van der Waals surface area contributed by atoms with Gasteiger partial charge in [-0.1, -0.05) is 23.9 Å². The number of nitrogens with one attached hydrogen (secondary N) is 1. The van der Waals surface area contributed by atoms with E-state index in [0.717, 1.165) is 10.6 Å². The van der Waals surface area contributed by atoms with Crippen LogP contribution in [0, 0.1) is 0 Å². The lowest BCUT2D eigenvalue weighted by atomic mass is 10.1. The second-order valence-electron chi connectivity index (χ2n) is 6.11. The summed E-state index contributed by atoms with van der Waals surface area (Å²) < 4.78 is 25.0. The minimum atomic E-state index is -3.24. The predicted molar refractivity (Wildman–Crippen MR) is 97.2 cm³/mol. The number of H-pyrrole nitrogens is 1. The first-order valence-corrected chi connectivity index (χ1v) is 10.3. The van der Waals surface area contributed by atoms with Crippen molar-refractivity contribution >= 4 is 32.5 Å². The van der Waals surface area contributed by atoms with Gasteiger partial charge in [-0.15, -0.1) is 0 Å². The molecule has 0 unspecified atom stereocenters. The SMILES string of the molecule is CC1=Nc2c(c(=O)[nH]n2C(C)C)[C@@H](c2ccc(S(C)(=O)=O)cc2)S1. The van der Waals surface area contributed by atoms with Crippen LogP contribution in [0.15, 0.2) is 38.9 Å². The van der Waals surface area contributed by atoms with Gasteiger partial charge in [-0.05, 0) is 38.5 Å². The maximum absolute atomic E-state index is 12.5. The Morgan fingerprint density at radius 1 is 1.25 bits per heavy atom. The summed E-state index contributed by atoms with van der Waals surface area (Å²) in [6.07, 6.45) is 1.18. The summed E-state index contributed by atoms with van der Waals surface area (Å²) in [5.41, 5.74) is 1.35. The number of aromatic nitrogens is 2. The molecule has 0 saturated carbocycles. The number of thioether (sulfide) groups is 1. The molecular formula is C16H19N3O3S2. The molecule has 8 heteroatoms. The zero-order valence-electron chi connectivity index (χ0n) is 13.9. The van der Waals surface area contributed by atoms with E-state index in [9.17, 15) is 13.2 Å². The molecule has 6 nitrogen and oxygen atoms in total. The van der Waals surface area contributed by atoms with Crippen molar-refractivity contribution in [1.82, 2.24) is 9.78 Å². The van der Waals surface area contributed by atoms with Gasteiger partial charge in [0.1, 0.15) is 0 Å². The molecule has 1 atom stereocenters. The van der Waals surface area contributed by atoms with Gasteiger partial charge in [0.05, 0.1) is 20.8 Å². The smallest absolute Gasteiger partial charge is 0.268 e. The summed E-state index contributed by atoms with van der Waals surface area (Å²) in [5, 5.41) is 3.52. The van der Waals surface area contributed by atoms with Gasteiger partial charge in [-0.25, -0.2) is 13.4 Å². The molecule has 0 fully saturated rings. The van der Waals surface area contributed by atoms with Gasteiger partial charge in [0.25, 0.3) is 5.56 Å². The van der Waals surface area contributed by atoms with E-state index in [2.05, 4.69) is 10.1 Å². The molecule has 1 aromatic carbocycles. The van der Waals surface area contributed by atoms with Crippen molar-refractivity contribution in [3.05, 3.63) is 45.7 Å². The van der Waals surface area contributed by atoms with Crippen LogP contribution in [0.5, 0.6) is 0 Å². The summed E-state index contributed by atoms with van der Waals surface area (Å²) >= 11 is 1.50. The number of fused-ring (bicyclic) bond motifs is 1. The first kappa shape index (κ1) is 17.0. The average Bonchev–Trinajstić information content (AvgIpc) is 2.83. The standard InChI is InChI=1S/C16H19N3O3S2/c1-9(2)19-15-13(16(20)18-19)14(23-10(3)17-15)11-5-7-12(8-6-11)24(4,21)22/h5-9,14H,1-4H3,(H,18,20)/t14-/m1/s1. The van der Waals surface area contributed by atoms with Gasteiger partial charge in [-0.3, -0.25) is 14.6 Å². The van der Waals surface area contributed by atoms with Crippen LogP contribution in [-0.4, -0.2) is 29.5 Å². The van der Waals surface area contributed by atoms with Crippen LogP contribution in [0.25, 0.3) is 0 Å². The zero-order chi connectivity index (χ0) is 17.6. The minimum Gasteiger partial charge on any atom is -0.268 e. The quantitative estimate of drug-likeness (QED) is 0.906. The number of hydrogen-bond donors (Lipinski definition) is 1. The predicted octanol–water partition coefficient (Wildman–Crippen LogP) is 3.05. The molecule has 1 aromatic heterocycles. The fourth-order valence-corrected chi connectivity index (χ4v) is 4.44. The molecule has 128 valence electrons. The Balaban J connectivity index is 2.12. The monoisotopic (exact) mass is 365 g/mol. The zero-order valence-corrected chi connectivity index (χ0v) is 15.5. The van der Waals surface area contributed by atoms with Gasteiger partial charge in [-0.2, -0.15) is 0 Å². The van der Waals surface area contributed by atoms with Crippen molar-refractivity contribution in [2.24, 2.45) is 4.99 Å². The highest BCUT2D eigenvalue weighted by Gasteiger charge is 2.30. The molecule has 0 aliphatic carbocycles. The second kappa shape index (κ2) is 5.93. The van der Waals surface area contributed by atoms with Gasteiger partial charge < -0.3 is 0 Å². The number of sulfone groups is 1. The summed E-state index contributed by atoms with van der Waals surface area (Å²) in [4.78, 5) is 17.3. The van der Waals surface area contributed by atoms with Crippen molar-refractivity contribution in [3.8, 4) is 0 Å². The van der Waals surface area contributed by atoms with Crippen LogP contribution in [-0.2, 0) is 9.84 Å². The van der Waals surface area contributed by atoms with Crippen molar-refractivity contribution in [3.63, 3.8) is 0 Å². The molecule has 0 amide bonds. The molecule has 1 aliphatic rings. The number of hydrogen-bond acceptors (Lipinski definition) is 5. The highest BCUT2D eigenvalue weighted by molar-refractivity contribution is 8.14. The molecule has 1 aliphatic heterocycles. The van der Waals surface area contributed by atoms with Crippen LogP contribution in [0.3, 0.4) is 0 Å². The van der Waals surface area contributed by atoms with Crippen molar-refractivity contribution < 1.29 is 8.42 Å². The molecule has 24 heavy (non-hydrogen) atoms. The van der Waals surface area contributed by atoms with E-state index in [0.29, 0.717) is 11.4 Å². The summed E-state index contributed by atoms with van der Waals surface area (Å²) in [6.45, 7) is 5.88. The van der Waals surface area contributed by atoms with E-state index in [1.165, 1.54) is 18.0 Å². The van der Waals surface area contributed by atoms with Crippen LogP contribution in [0.4, 0.5) is 5.82 Å². The van der Waals surface area contributed by atoms with Crippen LogP contribution < -0.4 is 5.56 Å². The van der Waals surface area contributed by atoms with Crippen molar-refractivity contribution in [2.75, 3.05) is 6.26 Å². The van der Waals surface area contributed by atoms with E-state index < -0.39 is 9.84 Å². The highest BCUT2D eigenvalue weighted by atomic mass is 32.2. The lowest BCUT2D eigenvalue weighted by Crippen LogP contribution is -2.13. The Morgan fingerprint density at radius 2 is 1.88 bits per heavy atom. The third kappa shape index (κ3) is 2.95. The Kier molecular flexibility index (Phi) is 4.21. The summed E-state index contributed by atoms with van der Waals surface area (Å²) in [5.74, 6) is 0.656. The molecule has 2 heterocycles. The average molecular weight is 365 g/mol. The first-order valence-electron chi connectivity index (χ1n) is 7.55. The number of nitrogens with zero attached hydrogens (tertiary/aromatic N) is 2. The normalized spacial score (nSPS) is 17.7. The fourth-order valence-electron chi connectivity index (χ4n) is 2.71. The van der Waals surface area contributed by atoms with E-state index >= 15 is 0 Å². The van der Waals surface area contributed by atoms with Gasteiger partial charge in [0, 0.05) is 12.3 Å². The van der Waals surface area contributed by atoms with E-state index in [1.54, 1.807) is 28.9 Å². The third-order valence-corrected chi connectivity index (χ3v) is 6.18. The fraction of sp³-hybridized carbons (Fsp3) is 0.375. The molecule has 0 bridgehead atoms. The van der Waals surface area contributed by atoms with Crippen LogP contribution in [0.2, 0.25) is 0 Å². The largest absolute Gasteiger partial charge is 0.271 e. The van der Waals surface area contributed by atoms with E-state index in [-0.39, 0.29) is 21.7 Å². The lowest BCUT2D eigenvalue weighted by Gasteiger charge is -2.21. The number of rotatable bonds is 3. The lowest BCUT2D eigenvalue weighted by molar-refractivity contribution is 0.533. The van der Waals surface area contributed by atoms with E-state index in [1.807, 2.05) is 20.8 Å². The Bertz CT molecular complexity index is 967. The third-order valence-electron chi connectivity index (χ3n) is 3.88. The molecule has 1 N–H and O–H groups in total. The number of benzene rings is 1. The van der Waals surface area contributed by atoms with E-state index in [4.69, 9.17) is 0 Å². The van der Waals surface area contributed by atoms with Gasteiger partial charge in [0.15, 0.2) is 15.7 Å². The first-order chi connectivity index (χ1) is 11.2. The Morgan fingerprint density at radius 3 is 2.42 bits per heavy atom. The van der Waals surface area contributed by atoms with Crippen molar-refractivity contribution in [2.45, 2.75) is 37.0 Å². The Labute approximate surface area is 144 Å². The van der Waals surface area contributed by atoms with Crippen LogP contribution >= 0.6 is 11.8 Å². The molecule has 3 rings (SSSR count). The molecule has 2 aromatic rings. The number of aliphatic imine (C=N–C) groups is 1. The maximum atomic E-state index is 12.5. The topological polar surface area (TPSA) is 84.3 Å². The van der Waals surface area contributed by atoms with Crippen molar-refractivity contribution in [1.29, 1.82) is 0 Å². The van der Waals surface area contributed by atoms with Gasteiger partial charge in [0.2, 0.25) is 0 Å². The highest BCUT2D eigenvalue weighted by Crippen LogP contribution is 2.44. The van der Waals surface area contributed by atoms with Crippen LogP contribution in [0.1, 0.15) is 43.2 Å². The summed E-state index contributed by atoms with van der Waals surface area (Å²) in [6, 6.07) is 6.79.